The van der Waals surface area contributed by atoms with Crippen molar-refractivity contribution in [3.8, 4) is 17.3 Å². The highest BCUT2D eigenvalue weighted by Gasteiger charge is 2.33. The monoisotopic (exact) mass is 609 g/mol. The largest absolute Gasteiger partial charge is 0.461 e. The molecule has 7 aromatic rings. The lowest BCUT2D eigenvalue weighted by Crippen LogP contribution is -2.07. The van der Waals surface area contributed by atoms with Gasteiger partial charge in [0.25, 0.3) is 0 Å². The number of benzene rings is 4. The van der Waals surface area contributed by atoms with Crippen LogP contribution in [0.3, 0.4) is 0 Å². The molecule has 0 saturated carbocycles. The molecule has 1 unspecified atom stereocenters. The Labute approximate surface area is 274 Å². The van der Waals surface area contributed by atoms with Crippen LogP contribution in [0.25, 0.3) is 55.9 Å². The molecule has 0 amide bonds. The smallest absolute Gasteiger partial charge is 0.138 e. The first-order valence-corrected chi connectivity index (χ1v) is 16.5. The summed E-state index contributed by atoms with van der Waals surface area (Å²) in [6.07, 6.45) is 9.69. The van der Waals surface area contributed by atoms with Crippen molar-refractivity contribution in [3.63, 3.8) is 0 Å². The number of aromatic nitrogens is 3. The van der Waals surface area contributed by atoms with E-state index in [0.29, 0.717) is 5.92 Å². The van der Waals surface area contributed by atoms with Crippen LogP contribution in [0.1, 0.15) is 48.7 Å². The molecule has 4 heteroatoms. The third kappa shape index (κ3) is 4.39. The molecule has 1 atom stereocenters. The van der Waals surface area contributed by atoms with Gasteiger partial charge in [0, 0.05) is 33.3 Å². The summed E-state index contributed by atoms with van der Waals surface area (Å²) in [6, 6.07) is 39.0. The molecule has 4 nitrogen and oxygen atoms in total. The Hall–Kier alpha value is -5.61. The first-order valence-electron chi connectivity index (χ1n) is 16.5. The zero-order valence-electron chi connectivity index (χ0n) is 26.8. The molecular formula is C43H35N3O. The van der Waals surface area contributed by atoms with Crippen molar-refractivity contribution in [2.45, 2.75) is 33.1 Å². The van der Waals surface area contributed by atoms with E-state index >= 15 is 0 Å². The standard InChI is InChI=1S/C43H35N3O/c1-27(2)19-22-37-28(3)31-11-4-7-15-38(31)46(37)43-18-10-14-36(44-43)29-20-23-41-34(25-29)35-26-30(21-24-42(35)47-41)45-39-16-8-5-12-32(39)33-13-6-9-17-40(33)45/h4-24,26-27,34H,25H2,1-3H3/b22-19-. The number of allylic oxidation sites excluding steroid dienone is 5. The molecule has 0 radical (unpaired) electrons. The lowest BCUT2D eigenvalue weighted by molar-refractivity contribution is 0.426. The van der Waals surface area contributed by atoms with Gasteiger partial charge in [-0.05, 0) is 91.1 Å². The molecule has 4 heterocycles. The molecule has 228 valence electrons. The molecule has 2 aliphatic rings. The van der Waals surface area contributed by atoms with E-state index in [4.69, 9.17) is 9.72 Å². The van der Waals surface area contributed by atoms with Crippen LogP contribution in [0.2, 0.25) is 0 Å². The minimum atomic E-state index is 0.141. The van der Waals surface area contributed by atoms with Crippen LogP contribution in [0.5, 0.6) is 5.75 Å². The van der Waals surface area contributed by atoms with Gasteiger partial charge in [0.1, 0.15) is 17.3 Å². The first-order chi connectivity index (χ1) is 23.0. The summed E-state index contributed by atoms with van der Waals surface area (Å²) in [5.74, 6) is 3.48. The van der Waals surface area contributed by atoms with E-state index in [-0.39, 0.29) is 5.92 Å². The highest BCUT2D eigenvalue weighted by molar-refractivity contribution is 6.09. The van der Waals surface area contributed by atoms with Gasteiger partial charge in [0.05, 0.1) is 27.9 Å². The lowest BCUT2D eigenvalue weighted by atomic mass is 9.86. The first kappa shape index (κ1) is 27.7. The summed E-state index contributed by atoms with van der Waals surface area (Å²) in [5.41, 5.74) is 10.6. The number of hydrogen-bond acceptors (Lipinski definition) is 2. The zero-order valence-corrected chi connectivity index (χ0v) is 26.8. The van der Waals surface area contributed by atoms with Gasteiger partial charge in [-0.25, -0.2) is 4.98 Å². The van der Waals surface area contributed by atoms with Gasteiger partial charge in [0.15, 0.2) is 0 Å². The topological polar surface area (TPSA) is 32.0 Å². The molecule has 47 heavy (non-hydrogen) atoms. The van der Waals surface area contributed by atoms with E-state index in [1.54, 1.807) is 0 Å². The highest BCUT2D eigenvalue weighted by atomic mass is 16.5. The fourth-order valence-electron chi connectivity index (χ4n) is 7.49. The average molecular weight is 610 g/mol. The summed E-state index contributed by atoms with van der Waals surface area (Å²) in [6.45, 7) is 6.64. The molecule has 0 bridgehead atoms. The summed E-state index contributed by atoms with van der Waals surface area (Å²) in [7, 11) is 0. The molecule has 0 N–H and O–H groups in total. The SMILES string of the molecule is Cc1c(/C=C\C(C)C)n(-c2cccc(C3=CC=C4Oc5ccc(-n6c7ccccc7c7ccccc76)cc5C4C3)n2)c2ccccc12. The third-order valence-electron chi connectivity index (χ3n) is 9.76. The van der Waals surface area contributed by atoms with Crippen molar-refractivity contribution in [1.82, 2.24) is 14.1 Å². The summed E-state index contributed by atoms with van der Waals surface area (Å²) in [4.78, 5) is 5.30. The Bertz CT molecular complexity index is 2410. The Morgan fingerprint density at radius 1 is 0.745 bits per heavy atom. The quantitative estimate of drug-likeness (QED) is 0.194. The molecule has 9 rings (SSSR count). The Balaban J connectivity index is 1.10. The highest BCUT2D eigenvalue weighted by Crippen LogP contribution is 2.48. The Morgan fingerprint density at radius 3 is 2.15 bits per heavy atom. The molecule has 3 aromatic heterocycles. The number of para-hydroxylation sites is 3. The van der Waals surface area contributed by atoms with E-state index < -0.39 is 0 Å². The molecule has 0 saturated heterocycles. The van der Waals surface area contributed by atoms with Crippen molar-refractivity contribution in [2.24, 2.45) is 5.92 Å². The minimum absolute atomic E-state index is 0.141. The van der Waals surface area contributed by atoms with Crippen LogP contribution < -0.4 is 4.74 Å². The van der Waals surface area contributed by atoms with Gasteiger partial charge in [-0.3, -0.25) is 4.57 Å². The van der Waals surface area contributed by atoms with Crippen LogP contribution in [0, 0.1) is 12.8 Å². The number of rotatable bonds is 5. The minimum Gasteiger partial charge on any atom is -0.461 e. The molecular weight excluding hydrogens is 574 g/mol. The number of fused-ring (bicyclic) bond motifs is 7. The van der Waals surface area contributed by atoms with Crippen molar-refractivity contribution >= 4 is 44.4 Å². The third-order valence-corrected chi connectivity index (χ3v) is 9.76. The zero-order chi connectivity index (χ0) is 31.6. The molecule has 0 fully saturated rings. The van der Waals surface area contributed by atoms with Gasteiger partial charge < -0.3 is 9.30 Å². The second-order valence-electron chi connectivity index (χ2n) is 13.1. The van der Waals surface area contributed by atoms with Gasteiger partial charge in [-0.1, -0.05) is 86.7 Å². The predicted octanol–water partition coefficient (Wildman–Crippen LogP) is 10.9. The number of nitrogens with zero attached hydrogens (tertiary/aromatic N) is 3. The van der Waals surface area contributed by atoms with Crippen LogP contribution >= 0.6 is 0 Å². The second-order valence-corrected chi connectivity index (χ2v) is 13.1. The summed E-state index contributed by atoms with van der Waals surface area (Å²) >= 11 is 0. The van der Waals surface area contributed by atoms with Crippen molar-refractivity contribution < 1.29 is 4.74 Å². The van der Waals surface area contributed by atoms with Crippen LogP contribution in [-0.4, -0.2) is 14.1 Å². The fraction of sp³-hybridized carbons (Fsp3) is 0.140. The summed E-state index contributed by atoms with van der Waals surface area (Å²) < 4.78 is 11.1. The number of ether oxygens (including phenoxy) is 1. The molecule has 4 aromatic carbocycles. The van der Waals surface area contributed by atoms with E-state index in [2.05, 4.69) is 163 Å². The maximum absolute atomic E-state index is 6.42. The Morgan fingerprint density at radius 2 is 1.43 bits per heavy atom. The van der Waals surface area contributed by atoms with E-state index in [1.807, 2.05) is 0 Å². The van der Waals surface area contributed by atoms with Crippen molar-refractivity contribution in [1.29, 1.82) is 0 Å². The van der Waals surface area contributed by atoms with Crippen LogP contribution in [-0.2, 0) is 0 Å². The summed E-state index contributed by atoms with van der Waals surface area (Å²) in [5, 5.41) is 3.79. The Kier molecular flexibility index (Phi) is 6.32. The van der Waals surface area contributed by atoms with Gasteiger partial charge in [0.2, 0.25) is 0 Å². The second kappa shape index (κ2) is 10.7. The lowest BCUT2D eigenvalue weighted by Gasteiger charge is -2.19. The predicted molar refractivity (Wildman–Crippen MR) is 195 cm³/mol. The maximum Gasteiger partial charge on any atom is 0.138 e. The van der Waals surface area contributed by atoms with Gasteiger partial charge in [-0.15, -0.1) is 0 Å². The van der Waals surface area contributed by atoms with Crippen molar-refractivity contribution in [2.75, 3.05) is 0 Å². The molecule has 1 aliphatic heterocycles. The van der Waals surface area contributed by atoms with Crippen molar-refractivity contribution in [3.05, 3.63) is 156 Å². The number of hydrogen-bond donors (Lipinski definition) is 0. The van der Waals surface area contributed by atoms with Crippen LogP contribution in [0.4, 0.5) is 0 Å². The fourth-order valence-corrected chi connectivity index (χ4v) is 7.49. The normalized spacial score (nSPS) is 15.8. The van der Waals surface area contributed by atoms with Gasteiger partial charge >= 0.3 is 0 Å². The van der Waals surface area contributed by atoms with Gasteiger partial charge in [-0.2, -0.15) is 0 Å². The number of pyridine rings is 1. The van der Waals surface area contributed by atoms with E-state index in [0.717, 1.165) is 35.1 Å². The van der Waals surface area contributed by atoms with E-state index in [1.165, 1.54) is 55.1 Å². The average Bonchev–Trinajstić information content (AvgIpc) is 3.74. The van der Waals surface area contributed by atoms with Crippen LogP contribution in [0.15, 0.2) is 133 Å². The number of aryl methyl sites for hydroxylation is 1. The molecule has 0 spiro atoms. The maximum atomic E-state index is 6.42. The molecule has 1 aliphatic carbocycles. The van der Waals surface area contributed by atoms with E-state index in [9.17, 15) is 0 Å².